The number of nitrogens with zero attached hydrogens (tertiary/aromatic N) is 3. The number of aromatic nitrogens is 2. The maximum Gasteiger partial charge on any atom is 0.243 e. The monoisotopic (exact) mass is 404 g/mol. The van der Waals surface area contributed by atoms with Crippen LogP contribution in [0, 0.1) is 0 Å². The van der Waals surface area contributed by atoms with Crippen molar-refractivity contribution in [3.63, 3.8) is 0 Å². The lowest BCUT2D eigenvalue weighted by atomic mass is 10.2. The van der Waals surface area contributed by atoms with Crippen LogP contribution in [0.15, 0.2) is 23.1 Å². The number of carbonyl (C=O) groups excluding carboxylic acids is 1. The maximum absolute atomic E-state index is 12.9. The topological polar surface area (TPSA) is 84.3 Å². The first-order valence-corrected chi connectivity index (χ1v) is 11.7. The van der Waals surface area contributed by atoms with Gasteiger partial charge >= 0.3 is 0 Å². The third-order valence-corrected chi connectivity index (χ3v) is 7.36. The molecule has 1 N–H and O–H groups in total. The summed E-state index contributed by atoms with van der Waals surface area (Å²) in [5, 5.41) is 3.01. The number of rotatable bonds is 8. The van der Waals surface area contributed by atoms with Crippen LogP contribution in [0.3, 0.4) is 0 Å². The fourth-order valence-electron chi connectivity index (χ4n) is 3.81. The van der Waals surface area contributed by atoms with E-state index in [0.717, 1.165) is 50.0 Å². The summed E-state index contributed by atoms with van der Waals surface area (Å²) >= 11 is 0. The van der Waals surface area contributed by atoms with Gasteiger partial charge in [-0.25, -0.2) is 13.4 Å². The lowest BCUT2D eigenvalue weighted by Gasteiger charge is -2.15. The van der Waals surface area contributed by atoms with Gasteiger partial charge in [0.05, 0.1) is 15.9 Å². The van der Waals surface area contributed by atoms with Gasteiger partial charge < -0.3 is 9.88 Å². The minimum Gasteiger partial charge on any atom is -0.353 e. The molecular formula is C20H28N4O3S. The van der Waals surface area contributed by atoms with Gasteiger partial charge in [0.25, 0.3) is 0 Å². The Morgan fingerprint density at radius 3 is 2.68 bits per heavy atom. The Morgan fingerprint density at radius 2 is 2.00 bits per heavy atom. The van der Waals surface area contributed by atoms with Gasteiger partial charge in [-0.1, -0.05) is 6.92 Å². The third-order valence-electron chi connectivity index (χ3n) is 5.47. The van der Waals surface area contributed by atoms with E-state index in [2.05, 4.69) is 16.8 Å². The molecule has 2 aliphatic rings. The van der Waals surface area contributed by atoms with Gasteiger partial charge in [0.1, 0.15) is 5.82 Å². The highest BCUT2D eigenvalue weighted by molar-refractivity contribution is 7.89. The summed E-state index contributed by atoms with van der Waals surface area (Å²) in [4.78, 5) is 17.1. The molecule has 0 bridgehead atoms. The van der Waals surface area contributed by atoms with Crippen LogP contribution in [0.5, 0.6) is 0 Å². The number of amides is 1. The average molecular weight is 405 g/mol. The highest BCUT2D eigenvalue weighted by atomic mass is 32.2. The number of benzene rings is 1. The van der Waals surface area contributed by atoms with Crippen molar-refractivity contribution in [2.24, 2.45) is 0 Å². The quantitative estimate of drug-likeness (QED) is 0.732. The second-order valence-corrected chi connectivity index (χ2v) is 9.72. The number of carbonyl (C=O) groups is 1. The molecule has 1 aliphatic carbocycles. The van der Waals surface area contributed by atoms with Crippen molar-refractivity contribution >= 4 is 27.0 Å². The van der Waals surface area contributed by atoms with Gasteiger partial charge in [0.15, 0.2) is 0 Å². The molecule has 0 unspecified atom stereocenters. The second kappa shape index (κ2) is 7.83. The molecule has 4 rings (SSSR count). The van der Waals surface area contributed by atoms with E-state index in [1.165, 1.54) is 0 Å². The zero-order valence-corrected chi connectivity index (χ0v) is 17.2. The molecule has 1 saturated carbocycles. The van der Waals surface area contributed by atoms with Crippen LogP contribution in [0.25, 0.3) is 11.0 Å². The number of aryl methyl sites for hydroxylation is 2. The first kappa shape index (κ1) is 19.4. The Labute approximate surface area is 166 Å². The fraction of sp³-hybridized carbons (Fsp3) is 0.600. The lowest BCUT2D eigenvalue weighted by molar-refractivity contribution is -0.121. The minimum atomic E-state index is -3.46. The molecule has 0 atom stereocenters. The highest BCUT2D eigenvalue weighted by Crippen LogP contribution is 2.26. The molecule has 1 amide bonds. The molecule has 1 saturated heterocycles. The van der Waals surface area contributed by atoms with Gasteiger partial charge in [-0.15, -0.1) is 0 Å². The summed E-state index contributed by atoms with van der Waals surface area (Å²) in [6.45, 7) is 4.08. The standard InChI is InChI=1S/C20H28N4O3S/c1-2-11-24-18-8-7-16(28(26,27)23-12-3-4-13-23)14-17(18)22-19(24)9-10-20(25)21-15-5-6-15/h7-8,14-15H,2-6,9-13H2,1H3,(H,21,25). The zero-order chi connectivity index (χ0) is 19.7. The van der Waals surface area contributed by atoms with Crippen LogP contribution in [0.1, 0.15) is 51.3 Å². The number of sulfonamides is 1. The first-order valence-electron chi connectivity index (χ1n) is 10.3. The van der Waals surface area contributed by atoms with E-state index >= 15 is 0 Å². The van der Waals surface area contributed by atoms with Crippen LogP contribution >= 0.6 is 0 Å². The second-order valence-electron chi connectivity index (χ2n) is 7.78. The van der Waals surface area contributed by atoms with E-state index in [1.807, 2.05) is 6.07 Å². The third kappa shape index (κ3) is 3.93. The van der Waals surface area contributed by atoms with E-state index in [1.54, 1.807) is 16.4 Å². The Balaban J connectivity index is 1.60. The van der Waals surface area contributed by atoms with Crippen molar-refractivity contribution in [3.05, 3.63) is 24.0 Å². The van der Waals surface area contributed by atoms with Crippen molar-refractivity contribution < 1.29 is 13.2 Å². The minimum absolute atomic E-state index is 0.0647. The van der Waals surface area contributed by atoms with Crippen LogP contribution in [-0.2, 0) is 27.8 Å². The number of fused-ring (bicyclic) bond motifs is 1. The number of hydrogen-bond acceptors (Lipinski definition) is 4. The van der Waals surface area contributed by atoms with Crippen molar-refractivity contribution in [2.75, 3.05) is 13.1 Å². The normalized spacial score (nSPS) is 18.0. The smallest absolute Gasteiger partial charge is 0.243 e. The SMILES string of the molecule is CCCn1c(CCC(=O)NC2CC2)nc2cc(S(=O)(=O)N3CCCC3)ccc21. The molecule has 0 radical (unpaired) electrons. The summed E-state index contributed by atoms with van der Waals surface area (Å²) in [5.74, 6) is 0.911. The van der Waals surface area contributed by atoms with Crippen LogP contribution in [0.2, 0.25) is 0 Å². The Morgan fingerprint density at radius 1 is 1.25 bits per heavy atom. The zero-order valence-electron chi connectivity index (χ0n) is 16.4. The lowest BCUT2D eigenvalue weighted by Crippen LogP contribution is -2.27. The molecule has 2 aromatic rings. The number of nitrogens with one attached hydrogen (secondary N) is 1. The fourth-order valence-corrected chi connectivity index (χ4v) is 5.35. The van der Waals surface area contributed by atoms with Crippen LogP contribution in [-0.4, -0.2) is 47.3 Å². The van der Waals surface area contributed by atoms with Crippen LogP contribution in [0.4, 0.5) is 0 Å². The van der Waals surface area contributed by atoms with Crippen molar-refractivity contribution in [3.8, 4) is 0 Å². The summed E-state index contributed by atoms with van der Waals surface area (Å²) in [5.41, 5.74) is 1.62. The first-order chi connectivity index (χ1) is 13.5. The Kier molecular flexibility index (Phi) is 5.42. The Hall–Kier alpha value is -1.93. The van der Waals surface area contributed by atoms with Gasteiger partial charge in [-0.3, -0.25) is 4.79 Å². The van der Waals surface area contributed by atoms with Crippen molar-refractivity contribution in [2.45, 2.75) is 69.4 Å². The summed E-state index contributed by atoms with van der Waals surface area (Å²) in [6, 6.07) is 5.59. The molecule has 1 aliphatic heterocycles. The van der Waals surface area contributed by atoms with Crippen molar-refractivity contribution in [1.29, 1.82) is 0 Å². The number of hydrogen-bond donors (Lipinski definition) is 1. The molecule has 2 fully saturated rings. The predicted octanol–water partition coefficient (Wildman–Crippen LogP) is 2.44. The molecule has 28 heavy (non-hydrogen) atoms. The molecule has 2 heterocycles. The van der Waals surface area contributed by atoms with Gasteiger partial charge in [0.2, 0.25) is 15.9 Å². The van der Waals surface area contributed by atoms with E-state index in [-0.39, 0.29) is 5.91 Å². The van der Waals surface area contributed by atoms with Crippen molar-refractivity contribution in [1.82, 2.24) is 19.2 Å². The summed E-state index contributed by atoms with van der Waals surface area (Å²) in [7, 11) is -3.46. The molecule has 8 heteroatoms. The number of imidazole rings is 1. The molecule has 1 aromatic heterocycles. The van der Waals surface area contributed by atoms with Gasteiger partial charge in [-0.05, 0) is 50.3 Å². The summed E-state index contributed by atoms with van der Waals surface area (Å²) < 4.78 is 29.4. The Bertz CT molecular complexity index is 973. The predicted molar refractivity (Wildman–Crippen MR) is 108 cm³/mol. The van der Waals surface area contributed by atoms with Gasteiger partial charge in [-0.2, -0.15) is 4.31 Å². The average Bonchev–Trinajstić information content (AvgIpc) is 3.19. The largest absolute Gasteiger partial charge is 0.353 e. The summed E-state index contributed by atoms with van der Waals surface area (Å²) in [6.07, 6.45) is 5.90. The molecule has 7 nitrogen and oxygen atoms in total. The maximum atomic E-state index is 12.9. The molecule has 1 aromatic carbocycles. The van der Waals surface area contributed by atoms with E-state index in [4.69, 9.17) is 4.98 Å². The van der Waals surface area contributed by atoms with E-state index < -0.39 is 10.0 Å². The van der Waals surface area contributed by atoms with Crippen LogP contribution < -0.4 is 5.32 Å². The molecule has 0 spiro atoms. The van der Waals surface area contributed by atoms with E-state index in [0.29, 0.717) is 42.4 Å². The molecule has 152 valence electrons. The highest BCUT2D eigenvalue weighted by Gasteiger charge is 2.28. The van der Waals surface area contributed by atoms with Gasteiger partial charge in [0, 0.05) is 38.5 Å². The molecular weight excluding hydrogens is 376 g/mol. The van der Waals surface area contributed by atoms with E-state index in [9.17, 15) is 13.2 Å².